The van der Waals surface area contributed by atoms with E-state index < -0.39 is 18.0 Å². The van der Waals surface area contributed by atoms with Crippen molar-refractivity contribution in [3.8, 4) is 45.7 Å². The molecule has 0 saturated carbocycles. The van der Waals surface area contributed by atoms with Gasteiger partial charge in [0.2, 0.25) is 5.88 Å². The van der Waals surface area contributed by atoms with Crippen molar-refractivity contribution in [2.45, 2.75) is 6.18 Å². The molecule has 0 unspecified atom stereocenters. The maximum absolute atomic E-state index is 12.7. The van der Waals surface area contributed by atoms with Crippen LogP contribution in [-0.4, -0.2) is 44.2 Å². The summed E-state index contributed by atoms with van der Waals surface area (Å²) in [4.78, 5) is 31.1. The zero-order valence-electron chi connectivity index (χ0n) is 16.4. The number of ether oxygens (including phenoxy) is 2. The van der Waals surface area contributed by atoms with Crippen LogP contribution in [0, 0.1) is 0 Å². The lowest BCUT2D eigenvalue weighted by Gasteiger charge is -2.12. The van der Waals surface area contributed by atoms with Crippen LogP contribution in [0.5, 0.6) is 11.6 Å². The fourth-order valence-corrected chi connectivity index (χ4v) is 2.81. The van der Waals surface area contributed by atoms with E-state index in [2.05, 4.69) is 29.7 Å². The third kappa shape index (κ3) is 4.41. The Labute approximate surface area is 179 Å². The van der Waals surface area contributed by atoms with Gasteiger partial charge in [-0.1, -0.05) is 6.07 Å². The summed E-state index contributed by atoms with van der Waals surface area (Å²) in [6.07, 6.45) is 0.668. The minimum atomic E-state index is -5.17. The Kier molecular flexibility index (Phi) is 5.54. The van der Waals surface area contributed by atoms with Gasteiger partial charge in [0.1, 0.15) is 11.4 Å². The van der Waals surface area contributed by atoms with Gasteiger partial charge in [0.05, 0.1) is 30.9 Å². The lowest BCUT2D eigenvalue weighted by atomic mass is 10.1. The minimum Gasteiger partial charge on any atom is -0.495 e. The predicted octanol–water partition coefficient (Wildman–Crippen LogP) is 4.07. The highest BCUT2D eigenvalue weighted by Gasteiger charge is 2.42. The first-order valence-electron chi connectivity index (χ1n) is 9.11. The molecule has 0 aliphatic carbocycles. The molecular formula is C21H14F3N5O3. The molecule has 0 aliphatic rings. The standard InChI is InChI=1S/C21H14F3N5O3/c1-31-13-9-14(19(28-10-13)32-20(30)21(22,23)24)12-5-7-26-16(8-12)18-27-11-17(29-18)15-4-2-3-6-25-15/h2-11H,1H3,(H,27,29). The fourth-order valence-electron chi connectivity index (χ4n) is 2.81. The first-order chi connectivity index (χ1) is 15.3. The van der Waals surface area contributed by atoms with Crippen LogP contribution in [0.1, 0.15) is 0 Å². The Morgan fingerprint density at radius 1 is 0.969 bits per heavy atom. The molecule has 0 saturated heterocycles. The van der Waals surface area contributed by atoms with Gasteiger partial charge in [0.25, 0.3) is 0 Å². The van der Waals surface area contributed by atoms with E-state index in [1.165, 1.54) is 25.4 Å². The summed E-state index contributed by atoms with van der Waals surface area (Å²) in [5.74, 6) is -2.21. The monoisotopic (exact) mass is 441 g/mol. The lowest BCUT2D eigenvalue weighted by Crippen LogP contribution is -2.28. The van der Waals surface area contributed by atoms with E-state index in [-0.39, 0.29) is 11.3 Å². The van der Waals surface area contributed by atoms with Gasteiger partial charge in [-0.3, -0.25) is 9.97 Å². The van der Waals surface area contributed by atoms with Crippen molar-refractivity contribution in [2.24, 2.45) is 0 Å². The van der Waals surface area contributed by atoms with Crippen molar-refractivity contribution >= 4 is 5.97 Å². The normalized spacial score (nSPS) is 11.2. The molecule has 4 heterocycles. The fraction of sp³-hybridized carbons (Fsp3) is 0.0952. The van der Waals surface area contributed by atoms with Crippen molar-refractivity contribution < 1.29 is 27.4 Å². The number of alkyl halides is 3. The first-order valence-corrected chi connectivity index (χ1v) is 9.11. The van der Waals surface area contributed by atoms with E-state index >= 15 is 0 Å². The second kappa shape index (κ2) is 8.46. The third-order valence-corrected chi connectivity index (χ3v) is 4.31. The number of nitrogens with one attached hydrogen (secondary N) is 1. The summed E-state index contributed by atoms with van der Waals surface area (Å²) < 4.78 is 47.7. The number of esters is 1. The van der Waals surface area contributed by atoms with E-state index in [9.17, 15) is 18.0 Å². The molecule has 4 aromatic rings. The van der Waals surface area contributed by atoms with Crippen LogP contribution >= 0.6 is 0 Å². The van der Waals surface area contributed by atoms with Crippen molar-refractivity contribution in [1.82, 2.24) is 24.9 Å². The molecule has 4 aromatic heterocycles. The highest BCUT2D eigenvalue weighted by molar-refractivity contribution is 5.81. The van der Waals surface area contributed by atoms with Crippen LogP contribution in [0.25, 0.3) is 34.0 Å². The van der Waals surface area contributed by atoms with Crippen LogP contribution in [0.2, 0.25) is 0 Å². The van der Waals surface area contributed by atoms with Crippen molar-refractivity contribution in [3.63, 3.8) is 0 Å². The van der Waals surface area contributed by atoms with E-state index in [0.29, 0.717) is 28.5 Å². The number of aromatic amines is 1. The second-order valence-electron chi connectivity index (χ2n) is 6.41. The topological polar surface area (TPSA) is 103 Å². The average Bonchev–Trinajstić information content (AvgIpc) is 3.30. The van der Waals surface area contributed by atoms with Crippen molar-refractivity contribution in [3.05, 3.63) is 61.2 Å². The van der Waals surface area contributed by atoms with E-state index in [0.717, 1.165) is 6.20 Å². The number of aromatic nitrogens is 5. The molecule has 0 radical (unpaired) electrons. The molecule has 0 amide bonds. The maximum atomic E-state index is 12.7. The molecule has 0 atom stereocenters. The van der Waals surface area contributed by atoms with Gasteiger partial charge in [-0.05, 0) is 35.9 Å². The Bertz CT molecular complexity index is 1260. The molecule has 8 nitrogen and oxygen atoms in total. The van der Waals surface area contributed by atoms with E-state index in [4.69, 9.17) is 4.74 Å². The van der Waals surface area contributed by atoms with Gasteiger partial charge in [0, 0.05) is 18.0 Å². The maximum Gasteiger partial charge on any atom is 0.491 e. The predicted molar refractivity (Wildman–Crippen MR) is 107 cm³/mol. The van der Waals surface area contributed by atoms with Crippen molar-refractivity contribution in [1.29, 1.82) is 0 Å². The molecule has 0 bridgehead atoms. The molecule has 32 heavy (non-hydrogen) atoms. The molecule has 0 spiro atoms. The Morgan fingerprint density at radius 2 is 1.78 bits per heavy atom. The SMILES string of the molecule is COc1cnc(OC(=O)C(F)(F)F)c(-c2ccnc(-c3ncc(-c4ccccn4)[nH]3)c2)c1. The average molecular weight is 441 g/mol. The largest absolute Gasteiger partial charge is 0.495 e. The third-order valence-electron chi connectivity index (χ3n) is 4.31. The molecule has 162 valence electrons. The number of imidazole rings is 1. The summed E-state index contributed by atoms with van der Waals surface area (Å²) >= 11 is 0. The Balaban J connectivity index is 1.72. The van der Waals surface area contributed by atoms with Crippen LogP contribution in [0.3, 0.4) is 0 Å². The Morgan fingerprint density at radius 3 is 2.50 bits per heavy atom. The summed E-state index contributed by atoms with van der Waals surface area (Å²) in [6, 6.07) is 9.95. The van der Waals surface area contributed by atoms with Gasteiger partial charge in [-0.15, -0.1) is 0 Å². The number of rotatable bonds is 5. The quantitative estimate of drug-likeness (QED) is 0.466. The zero-order valence-corrected chi connectivity index (χ0v) is 16.4. The summed E-state index contributed by atoms with van der Waals surface area (Å²) in [5.41, 5.74) is 2.25. The number of hydrogen-bond donors (Lipinski definition) is 1. The zero-order chi connectivity index (χ0) is 22.7. The van der Waals surface area contributed by atoms with Crippen LogP contribution in [0.15, 0.2) is 61.2 Å². The lowest BCUT2D eigenvalue weighted by molar-refractivity contribution is -0.189. The number of carbonyl (C=O) groups excluding carboxylic acids is 1. The number of hydrogen-bond acceptors (Lipinski definition) is 7. The molecule has 0 aromatic carbocycles. The summed E-state index contributed by atoms with van der Waals surface area (Å²) in [7, 11) is 1.38. The van der Waals surface area contributed by atoms with Crippen molar-refractivity contribution in [2.75, 3.05) is 7.11 Å². The molecule has 4 rings (SSSR count). The minimum absolute atomic E-state index is 0.113. The number of nitrogens with zero attached hydrogens (tertiary/aromatic N) is 4. The molecule has 11 heteroatoms. The van der Waals surface area contributed by atoms with Crippen LogP contribution in [-0.2, 0) is 4.79 Å². The summed E-state index contributed by atoms with van der Waals surface area (Å²) in [5, 5.41) is 0. The molecule has 1 N–H and O–H groups in total. The smallest absolute Gasteiger partial charge is 0.491 e. The molecule has 0 fully saturated rings. The number of methoxy groups -OCH3 is 1. The van der Waals surface area contributed by atoms with Crippen LogP contribution < -0.4 is 9.47 Å². The van der Waals surface area contributed by atoms with Gasteiger partial charge in [0.15, 0.2) is 5.82 Å². The van der Waals surface area contributed by atoms with Crippen LogP contribution in [0.4, 0.5) is 13.2 Å². The van der Waals surface area contributed by atoms with Gasteiger partial charge < -0.3 is 14.5 Å². The number of pyridine rings is 3. The Hall–Kier alpha value is -4.28. The highest BCUT2D eigenvalue weighted by atomic mass is 19.4. The van der Waals surface area contributed by atoms with Gasteiger partial charge in [-0.2, -0.15) is 13.2 Å². The van der Waals surface area contributed by atoms with E-state index in [1.807, 2.05) is 12.1 Å². The van der Waals surface area contributed by atoms with Gasteiger partial charge in [-0.25, -0.2) is 14.8 Å². The molecule has 0 aliphatic heterocycles. The number of H-pyrrole nitrogens is 1. The number of carbonyl (C=O) groups is 1. The summed E-state index contributed by atoms with van der Waals surface area (Å²) in [6.45, 7) is 0. The second-order valence-corrected chi connectivity index (χ2v) is 6.41. The molecular weight excluding hydrogens is 427 g/mol. The highest BCUT2D eigenvalue weighted by Crippen LogP contribution is 2.34. The van der Waals surface area contributed by atoms with Gasteiger partial charge >= 0.3 is 12.1 Å². The van der Waals surface area contributed by atoms with E-state index in [1.54, 1.807) is 24.5 Å². The number of halogens is 3. The first kappa shape index (κ1) is 21.0.